The summed E-state index contributed by atoms with van der Waals surface area (Å²) < 4.78 is 5.37. The molecule has 2 aromatic heterocycles. The van der Waals surface area contributed by atoms with Gasteiger partial charge in [0.1, 0.15) is 9.88 Å². The van der Waals surface area contributed by atoms with Crippen LogP contribution in [0.15, 0.2) is 53.6 Å². The molecular weight excluding hydrogens is 418 g/mol. The zero-order valence-corrected chi connectivity index (χ0v) is 18.3. The predicted octanol–water partition coefficient (Wildman–Crippen LogP) is 4.59. The maximum Gasteiger partial charge on any atom is 0.350 e. The molecule has 154 valence electrons. The lowest BCUT2D eigenvalue weighted by Gasteiger charge is -2.22. The summed E-state index contributed by atoms with van der Waals surface area (Å²) in [4.78, 5) is 37.4. The highest BCUT2D eigenvalue weighted by Gasteiger charge is 2.26. The number of esters is 1. The summed E-state index contributed by atoms with van der Waals surface area (Å²) in [5, 5.41) is 1.06. The van der Waals surface area contributed by atoms with Crippen LogP contribution in [0.2, 0.25) is 0 Å². The normalized spacial score (nSPS) is 15.9. The first-order chi connectivity index (χ1) is 14.5. The first-order valence-electron chi connectivity index (χ1n) is 9.65. The number of pyridine rings is 1. The molecule has 1 unspecified atom stereocenters. The fraction of sp³-hybridized carbons (Fsp3) is 0.273. The second-order valence-corrected chi connectivity index (χ2v) is 9.43. The number of aromatic nitrogens is 2. The lowest BCUT2D eigenvalue weighted by atomic mass is 10.2. The molecule has 0 saturated carbocycles. The second-order valence-electron chi connectivity index (χ2n) is 6.95. The number of carbonyl (C=O) groups is 2. The summed E-state index contributed by atoms with van der Waals surface area (Å²) in [6.45, 7) is 4.21. The molecule has 6 nitrogen and oxygen atoms in total. The average Bonchev–Trinajstić information content (AvgIpc) is 3.06. The number of thioether (sulfide) groups is 1. The Morgan fingerprint density at radius 3 is 2.80 bits per heavy atom. The van der Waals surface area contributed by atoms with Crippen LogP contribution in [0.4, 0.5) is 5.69 Å². The standard InChI is InChI=1S/C22H21N3O3S2/c1-14-10-12-25(17-8-3-4-9-18(17)29-14)19(26)13-28-22(27)20-15(2)24-21(30-20)16-7-5-6-11-23-16/h3-9,11,14H,10,12-13H2,1-2H3. The molecule has 4 rings (SSSR count). The number of para-hydroxylation sites is 1. The minimum absolute atomic E-state index is 0.224. The Bertz CT molecular complexity index is 1070. The Morgan fingerprint density at radius 2 is 2.00 bits per heavy atom. The van der Waals surface area contributed by atoms with Crippen LogP contribution < -0.4 is 4.90 Å². The minimum atomic E-state index is -0.536. The number of anilines is 1. The predicted molar refractivity (Wildman–Crippen MR) is 119 cm³/mol. The number of carbonyl (C=O) groups excluding carboxylic acids is 2. The van der Waals surface area contributed by atoms with Gasteiger partial charge in [-0.3, -0.25) is 9.78 Å². The Balaban J connectivity index is 1.46. The monoisotopic (exact) mass is 439 g/mol. The van der Waals surface area contributed by atoms with E-state index in [9.17, 15) is 9.59 Å². The Morgan fingerprint density at radius 1 is 1.20 bits per heavy atom. The molecular formula is C22H21N3O3S2. The summed E-state index contributed by atoms with van der Waals surface area (Å²) in [6.07, 6.45) is 2.56. The van der Waals surface area contributed by atoms with E-state index in [1.807, 2.05) is 42.5 Å². The van der Waals surface area contributed by atoms with Crippen molar-refractivity contribution in [2.75, 3.05) is 18.1 Å². The fourth-order valence-corrected chi connectivity index (χ4v) is 5.25. The molecule has 0 saturated heterocycles. The number of benzene rings is 1. The van der Waals surface area contributed by atoms with Crippen molar-refractivity contribution >= 4 is 40.7 Å². The van der Waals surface area contributed by atoms with Crippen molar-refractivity contribution in [3.8, 4) is 10.7 Å². The lowest BCUT2D eigenvalue weighted by molar-refractivity contribution is -0.121. The van der Waals surface area contributed by atoms with E-state index in [-0.39, 0.29) is 12.5 Å². The van der Waals surface area contributed by atoms with E-state index in [1.165, 1.54) is 11.3 Å². The van der Waals surface area contributed by atoms with Gasteiger partial charge in [-0.25, -0.2) is 9.78 Å². The zero-order valence-electron chi connectivity index (χ0n) is 16.7. The molecule has 8 heteroatoms. The molecule has 0 aliphatic carbocycles. The number of aryl methyl sites for hydroxylation is 1. The van der Waals surface area contributed by atoms with E-state index < -0.39 is 5.97 Å². The number of fused-ring (bicyclic) bond motifs is 1. The van der Waals surface area contributed by atoms with Gasteiger partial charge in [0, 0.05) is 22.9 Å². The largest absolute Gasteiger partial charge is 0.451 e. The highest BCUT2D eigenvalue weighted by atomic mass is 32.2. The van der Waals surface area contributed by atoms with Gasteiger partial charge in [0.05, 0.1) is 17.1 Å². The molecule has 3 aromatic rings. The van der Waals surface area contributed by atoms with E-state index in [0.717, 1.165) is 17.0 Å². The van der Waals surface area contributed by atoms with Gasteiger partial charge >= 0.3 is 5.97 Å². The summed E-state index contributed by atoms with van der Waals surface area (Å²) in [5.74, 6) is -0.760. The van der Waals surface area contributed by atoms with Gasteiger partial charge < -0.3 is 9.64 Å². The van der Waals surface area contributed by atoms with Gasteiger partial charge in [0.2, 0.25) is 0 Å². The number of nitrogens with zero attached hydrogens (tertiary/aromatic N) is 3. The van der Waals surface area contributed by atoms with Crippen LogP contribution in [-0.2, 0) is 9.53 Å². The molecule has 0 bridgehead atoms. The molecule has 1 atom stereocenters. The molecule has 0 radical (unpaired) electrons. The van der Waals surface area contributed by atoms with E-state index in [2.05, 4.69) is 16.9 Å². The van der Waals surface area contributed by atoms with Crippen LogP contribution in [0.25, 0.3) is 10.7 Å². The van der Waals surface area contributed by atoms with Crippen LogP contribution in [0, 0.1) is 6.92 Å². The van der Waals surface area contributed by atoms with Crippen LogP contribution in [0.5, 0.6) is 0 Å². The number of hydrogen-bond acceptors (Lipinski definition) is 7. The van der Waals surface area contributed by atoms with Crippen molar-refractivity contribution in [1.82, 2.24) is 9.97 Å². The summed E-state index contributed by atoms with van der Waals surface area (Å²) >= 11 is 2.99. The molecule has 30 heavy (non-hydrogen) atoms. The first-order valence-corrected chi connectivity index (χ1v) is 11.3. The quantitative estimate of drug-likeness (QED) is 0.554. The number of thiazole rings is 1. The maximum atomic E-state index is 12.9. The summed E-state index contributed by atoms with van der Waals surface area (Å²) in [5.41, 5.74) is 2.15. The highest BCUT2D eigenvalue weighted by Crippen LogP contribution is 2.37. The van der Waals surface area contributed by atoms with Crippen LogP contribution in [0.3, 0.4) is 0 Å². The molecule has 0 spiro atoms. The van der Waals surface area contributed by atoms with Crippen LogP contribution in [0.1, 0.15) is 28.7 Å². The third-order valence-electron chi connectivity index (χ3n) is 4.74. The van der Waals surface area contributed by atoms with Crippen molar-refractivity contribution < 1.29 is 14.3 Å². The molecule has 1 aromatic carbocycles. The van der Waals surface area contributed by atoms with Gasteiger partial charge in [-0.15, -0.1) is 23.1 Å². The van der Waals surface area contributed by atoms with Gasteiger partial charge in [-0.2, -0.15) is 0 Å². The molecule has 0 fully saturated rings. The number of ether oxygens (including phenoxy) is 1. The second kappa shape index (κ2) is 8.97. The topological polar surface area (TPSA) is 72.4 Å². The van der Waals surface area contributed by atoms with Crippen LogP contribution in [-0.4, -0.2) is 40.2 Å². The van der Waals surface area contributed by atoms with E-state index >= 15 is 0 Å². The van der Waals surface area contributed by atoms with Gasteiger partial charge in [-0.1, -0.05) is 25.1 Å². The minimum Gasteiger partial charge on any atom is -0.451 e. The fourth-order valence-electron chi connectivity index (χ4n) is 3.20. The smallest absolute Gasteiger partial charge is 0.350 e. The Kier molecular flexibility index (Phi) is 6.15. The van der Waals surface area contributed by atoms with Crippen molar-refractivity contribution in [2.24, 2.45) is 0 Å². The first kappa shape index (κ1) is 20.6. The number of amides is 1. The Hall–Kier alpha value is -2.71. The van der Waals surface area contributed by atoms with Crippen LogP contribution >= 0.6 is 23.1 Å². The van der Waals surface area contributed by atoms with E-state index in [1.54, 1.807) is 29.8 Å². The lowest BCUT2D eigenvalue weighted by Crippen LogP contribution is -2.35. The SMILES string of the molecule is Cc1nc(-c2ccccn2)sc1C(=O)OCC(=O)N1CCC(C)Sc2ccccc21. The molecule has 1 aliphatic rings. The molecule has 3 heterocycles. The maximum absolute atomic E-state index is 12.9. The highest BCUT2D eigenvalue weighted by molar-refractivity contribution is 8.00. The van der Waals surface area contributed by atoms with Gasteiger partial charge in [0.25, 0.3) is 5.91 Å². The Labute approximate surface area is 183 Å². The van der Waals surface area contributed by atoms with Crippen molar-refractivity contribution in [3.63, 3.8) is 0 Å². The van der Waals surface area contributed by atoms with Crippen molar-refractivity contribution in [1.29, 1.82) is 0 Å². The van der Waals surface area contributed by atoms with Gasteiger partial charge in [-0.05, 0) is 37.6 Å². The number of rotatable bonds is 4. The molecule has 1 amide bonds. The summed E-state index contributed by atoms with van der Waals surface area (Å²) in [7, 11) is 0. The zero-order chi connectivity index (χ0) is 21.1. The van der Waals surface area contributed by atoms with E-state index in [4.69, 9.17) is 4.74 Å². The molecule has 0 N–H and O–H groups in total. The summed E-state index contributed by atoms with van der Waals surface area (Å²) in [6, 6.07) is 13.4. The third-order valence-corrected chi connectivity index (χ3v) is 7.13. The third kappa shape index (κ3) is 4.39. The van der Waals surface area contributed by atoms with Crippen molar-refractivity contribution in [2.45, 2.75) is 30.4 Å². The van der Waals surface area contributed by atoms with Gasteiger partial charge in [0.15, 0.2) is 6.61 Å². The van der Waals surface area contributed by atoms with Crippen molar-refractivity contribution in [3.05, 3.63) is 59.2 Å². The van der Waals surface area contributed by atoms with E-state index in [0.29, 0.717) is 33.1 Å². The molecule has 1 aliphatic heterocycles. The number of hydrogen-bond donors (Lipinski definition) is 0. The average molecular weight is 440 g/mol.